The van der Waals surface area contributed by atoms with Gasteiger partial charge in [0, 0.05) is 28.4 Å². The van der Waals surface area contributed by atoms with E-state index < -0.39 is 38.4 Å². The maximum atomic E-state index is 13.1. The molecule has 0 aliphatic carbocycles. The van der Waals surface area contributed by atoms with Crippen LogP contribution in [0.15, 0.2) is 83.3 Å². The first-order valence-corrected chi connectivity index (χ1v) is 11.9. The van der Waals surface area contributed by atoms with Crippen LogP contribution >= 0.6 is 11.6 Å². The first-order chi connectivity index (χ1) is 16.5. The van der Waals surface area contributed by atoms with E-state index in [9.17, 15) is 33.2 Å². The van der Waals surface area contributed by atoms with Gasteiger partial charge in [0.1, 0.15) is 5.76 Å². The number of carbonyl (C=O) groups excluding carboxylic acids is 2. The summed E-state index contributed by atoms with van der Waals surface area (Å²) in [6.07, 6.45) is 0. The van der Waals surface area contributed by atoms with Gasteiger partial charge in [0.15, 0.2) is 0 Å². The molecule has 0 bridgehead atoms. The van der Waals surface area contributed by atoms with E-state index in [1.54, 1.807) is 0 Å². The van der Waals surface area contributed by atoms with Crippen LogP contribution in [-0.2, 0) is 19.6 Å². The van der Waals surface area contributed by atoms with Crippen LogP contribution in [0.1, 0.15) is 17.2 Å². The lowest BCUT2D eigenvalue weighted by atomic mass is 9.95. The molecular weight excluding hydrogens is 498 g/mol. The standard InChI is InChI=1S/C23H16ClN3O7S/c24-15-5-1-14(2-6-15)21(28)19-20(13-3-7-17(8-4-13)27(31)32)26(23(30)22(19)29)16-9-11-18(12-10-16)35(25,33)34/h1-12,20,28H,(H2,25,33,34)/t20-/m1/s1. The van der Waals surface area contributed by atoms with Crippen molar-refractivity contribution in [2.45, 2.75) is 10.9 Å². The Hall–Kier alpha value is -4.06. The molecule has 178 valence electrons. The molecule has 3 N–H and O–H groups in total. The number of aliphatic hydroxyl groups excluding tert-OH is 1. The molecule has 3 aromatic rings. The summed E-state index contributed by atoms with van der Waals surface area (Å²) in [4.78, 5) is 37.6. The van der Waals surface area contributed by atoms with E-state index in [0.29, 0.717) is 10.6 Å². The number of rotatable bonds is 5. The van der Waals surface area contributed by atoms with Crippen molar-refractivity contribution < 1.29 is 28.0 Å². The predicted octanol–water partition coefficient (Wildman–Crippen LogP) is 3.52. The van der Waals surface area contributed by atoms with Crippen molar-refractivity contribution in [1.29, 1.82) is 0 Å². The van der Waals surface area contributed by atoms with Crippen LogP contribution < -0.4 is 10.0 Å². The quantitative estimate of drug-likeness (QED) is 0.173. The minimum absolute atomic E-state index is 0.151. The number of benzene rings is 3. The molecule has 0 radical (unpaired) electrons. The van der Waals surface area contributed by atoms with E-state index in [4.69, 9.17) is 16.7 Å². The Labute approximate surface area is 204 Å². The summed E-state index contributed by atoms with van der Waals surface area (Å²) in [6.45, 7) is 0. The maximum Gasteiger partial charge on any atom is 0.300 e. The number of nitrogens with zero attached hydrogens (tertiary/aromatic N) is 2. The van der Waals surface area contributed by atoms with Crippen LogP contribution in [0, 0.1) is 10.1 Å². The summed E-state index contributed by atoms with van der Waals surface area (Å²) >= 11 is 5.91. The lowest BCUT2D eigenvalue weighted by molar-refractivity contribution is -0.384. The second-order valence-electron chi connectivity index (χ2n) is 7.56. The Balaban J connectivity index is 1.92. The van der Waals surface area contributed by atoms with Crippen molar-refractivity contribution in [3.8, 4) is 0 Å². The predicted molar refractivity (Wildman–Crippen MR) is 127 cm³/mol. The molecule has 1 aliphatic rings. The molecule has 12 heteroatoms. The van der Waals surface area contributed by atoms with Crippen molar-refractivity contribution in [2.75, 3.05) is 4.90 Å². The number of carbonyl (C=O) groups is 2. The molecule has 1 saturated heterocycles. The third kappa shape index (κ3) is 4.52. The molecule has 4 rings (SSSR count). The van der Waals surface area contributed by atoms with Gasteiger partial charge < -0.3 is 5.11 Å². The number of nitrogens with two attached hydrogens (primary N) is 1. The maximum absolute atomic E-state index is 13.1. The minimum atomic E-state index is -4.00. The number of sulfonamides is 1. The van der Waals surface area contributed by atoms with E-state index in [-0.39, 0.29) is 27.4 Å². The highest BCUT2D eigenvalue weighted by atomic mass is 35.5. The van der Waals surface area contributed by atoms with Crippen molar-refractivity contribution in [3.63, 3.8) is 0 Å². The second kappa shape index (κ2) is 8.95. The van der Waals surface area contributed by atoms with Gasteiger partial charge in [0.25, 0.3) is 17.4 Å². The second-order valence-corrected chi connectivity index (χ2v) is 9.56. The smallest absolute Gasteiger partial charge is 0.300 e. The van der Waals surface area contributed by atoms with E-state index in [1.165, 1.54) is 72.8 Å². The number of amides is 1. The van der Waals surface area contributed by atoms with Crippen molar-refractivity contribution in [2.24, 2.45) is 5.14 Å². The van der Waals surface area contributed by atoms with Crippen LogP contribution in [0.5, 0.6) is 0 Å². The normalized spacial score (nSPS) is 17.5. The minimum Gasteiger partial charge on any atom is -0.507 e. The van der Waals surface area contributed by atoms with Crippen molar-refractivity contribution in [1.82, 2.24) is 0 Å². The zero-order valence-electron chi connectivity index (χ0n) is 17.7. The topological polar surface area (TPSA) is 161 Å². The van der Waals surface area contributed by atoms with Gasteiger partial charge in [0.05, 0.1) is 21.4 Å². The fourth-order valence-electron chi connectivity index (χ4n) is 3.75. The highest BCUT2D eigenvalue weighted by Crippen LogP contribution is 2.42. The van der Waals surface area contributed by atoms with Gasteiger partial charge in [0.2, 0.25) is 10.0 Å². The van der Waals surface area contributed by atoms with Crippen molar-refractivity contribution >= 4 is 50.4 Å². The third-order valence-electron chi connectivity index (χ3n) is 5.43. The number of Topliss-reactive ketones (excluding diaryl/α,β-unsaturated/α-hetero) is 1. The summed E-state index contributed by atoms with van der Waals surface area (Å²) in [7, 11) is -4.00. The Morgan fingerprint density at radius 2 is 1.54 bits per heavy atom. The van der Waals surface area contributed by atoms with E-state index in [2.05, 4.69) is 0 Å². The molecule has 0 saturated carbocycles. The first-order valence-electron chi connectivity index (χ1n) is 9.93. The van der Waals surface area contributed by atoms with Gasteiger partial charge in [-0.3, -0.25) is 24.6 Å². The van der Waals surface area contributed by atoms with E-state index >= 15 is 0 Å². The molecule has 1 amide bonds. The van der Waals surface area contributed by atoms with E-state index in [0.717, 1.165) is 4.90 Å². The number of non-ortho nitro benzene ring substituents is 1. The van der Waals surface area contributed by atoms with Crippen LogP contribution in [-0.4, -0.2) is 30.1 Å². The fraction of sp³-hybridized carbons (Fsp3) is 0.0435. The zero-order chi connectivity index (χ0) is 25.5. The monoisotopic (exact) mass is 513 g/mol. The van der Waals surface area contributed by atoms with Crippen LogP contribution in [0.2, 0.25) is 5.02 Å². The summed E-state index contributed by atoms with van der Waals surface area (Å²) in [5.74, 6) is -2.43. The number of hydrogen-bond donors (Lipinski definition) is 2. The molecular formula is C23H16ClN3O7S. The van der Waals surface area contributed by atoms with Gasteiger partial charge in [-0.05, 0) is 66.2 Å². The molecule has 1 atom stereocenters. The lowest BCUT2D eigenvalue weighted by Crippen LogP contribution is -2.29. The average molecular weight is 514 g/mol. The molecule has 1 fully saturated rings. The van der Waals surface area contributed by atoms with Gasteiger partial charge in [-0.15, -0.1) is 0 Å². The molecule has 35 heavy (non-hydrogen) atoms. The third-order valence-corrected chi connectivity index (χ3v) is 6.61. The Morgan fingerprint density at radius 1 is 0.971 bits per heavy atom. The highest BCUT2D eigenvalue weighted by molar-refractivity contribution is 7.89. The Morgan fingerprint density at radius 3 is 2.06 bits per heavy atom. The molecule has 0 spiro atoms. The number of ketones is 1. The van der Waals surface area contributed by atoms with Crippen LogP contribution in [0.25, 0.3) is 5.76 Å². The molecule has 1 aliphatic heterocycles. The van der Waals surface area contributed by atoms with Crippen molar-refractivity contribution in [3.05, 3.63) is 105 Å². The Kier molecular flexibility index (Phi) is 6.15. The average Bonchev–Trinajstić information content (AvgIpc) is 3.09. The molecule has 1 heterocycles. The first kappa shape index (κ1) is 24.1. The summed E-state index contributed by atoms with van der Waals surface area (Å²) < 4.78 is 23.2. The number of nitro benzene ring substituents is 1. The largest absolute Gasteiger partial charge is 0.507 e. The number of aliphatic hydroxyl groups is 1. The van der Waals surface area contributed by atoms with Crippen LogP contribution in [0.3, 0.4) is 0 Å². The van der Waals surface area contributed by atoms with Gasteiger partial charge in [-0.25, -0.2) is 13.6 Å². The zero-order valence-corrected chi connectivity index (χ0v) is 19.2. The fourth-order valence-corrected chi connectivity index (χ4v) is 4.39. The molecule has 3 aromatic carbocycles. The summed E-state index contributed by atoms with van der Waals surface area (Å²) in [6, 6.07) is 14.9. The molecule has 0 unspecified atom stereocenters. The van der Waals surface area contributed by atoms with Crippen LogP contribution in [0.4, 0.5) is 11.4 Å². The lowest BCUT2D eigenvalue weighted by Gasteiger charge is -2.25. The number of nitro groups is 1. The summed E-state index contributed by atoms with van der Waals surface area (Å²) in [5.41, 5.74) is 0.227. The van der Waals surface area contributed by atoms with Gasteiger partial charge >= 0.3 is 0 Å². The number of hydrogen-bond acceptors (Lipinski definition) is 7. The van der Waals surface area contributed by atoms with Gasteiger partial charge in [-0.2, -0.15) is 0 Å². The molecule has 10 nitrogen and oxygen atoms in total. The summed E-state index contributed by atoms with van der Waals surface area (Å²) in [5, 5.41) is 27.6. The molecule has 0 aromatic heterocycles. The highest BCUT2D eigenvalue weighted by Gasteiger charge is 2.47. The Bertz CT molecular complexity index is 1480. The number of halogens is 1. The number of primary sulfonamides is 1. The number of anilines is 1. The van der Waals surface area contributed by atoms with E-state index in [1.807, 2.05) is 0 Å². The van der Waals surface area contributed by atoms with Gasteiger partial charge in [-0.1, -0.05) is 11.6 Å². The SMILES string of the molecule is NS(=O)(=O)c1ccc(N2C(=O)C(=O)C(=C(O)c3ccc(Cl)cc3)[C@H]2c2ccc([N+](=O)[O-])cc2)cc1.